The lowest BCUT2D eigenvalue weighted by atomic mass is 10.1. The maximum atomic E-state index is 11.9. The molecule has 0 bridgehead atoms. The molecule has 0 fully saturated rings. The molecule has 1 aromatic heterocycles. The normalized spacial score (nSPS) is 11.2. The van der Waals surface area contributed by atoms with Gasteiger partial charge in [-0.15, -0.1) is 0 Å². The average Bonchev–Trinajstić information content (AvgIpc) is 2.83. The van der Waals surface area contributed by atoms with Crippen molar-refractivity contribution in [3.8, 4) is 17.6 Å². The van der Waals surface area contributed by atoms with Crippen LogP contribution in [-0.2, 0) is 19.6 Å². The summed E-state index contributed by atoms with van der Waals surface area (Å²) < 4.78 is 47.9. The van der Waals surface area contributed by atoms with Gasteiger partial charge in [-0.25, -0.2) is 23.0 Å². The number of aromatic nitrogens is 1. The molecule has 0 aliphatic carbocycles. The smallest absolute Gasteiger partial charge is 0.356 e. The fraction of sp³-hybridized carbons (Fsp3) is 0.400. The Hall–Kier alpha value is -3.46. The Morgan fingerprint density at radius 3 is 1.97 bits per heavy atom. The van der Waals surface area contributed by atoms with Gasteiger partial charge in [0.15, 0.2) is 11.4 Å². The number of carbonyl (C=O) groups is 2. The van der Waals surface area contributed by atoms with E-state index in [-0.39, 0.29) is 17.1 Å². The molecule has 36 heavy (non-hydrogen) atoms. The number of hydrogen-bond donors (Lipinski definition) is 0. The van der Waals surface area contributed by atoms with E-state index in [1.807, 2.05) is 14.1 Å². The van der Waals surface area contributed by atoms with Gasteiger partial charge >= 0.3 is 11.9 Å². The van der Waals surface area contributed by atoms with Crippen LogP contribution in [0.5, 0.6) is 5.75 Å². The monoisotopic (exact) mass is 518 g/mol. The second-order valence-electron chi connectivity index (χ2n) is 8.58. The van der Waals surface area contributed by atoms with Gasteiger partial charge in [-0.3, -0.25) is 0 Å². The maximum absolute atomic E-state index is 11.9. The summed E-state index contributed by atoms with van der Waals surface area (Å²) in [7, 11) is 2.22. The number of ether oxygens (including phenoxy) is 3. The van der Waals surface area contributed by atoms with Crippen molar-refractivity contribution in [2.75, 3.05) is 53.8 Å². The first-order chi connectivity index (χ1) is 16.9. The van der Waals surface area contributed by atoms with Crippen LogP contribution in [-0.4, -0.2) is 88.1 Å². The van der Waals surface area contributed by atoms with Crippen LogP contribution in [0.4, 0.5) is 0 Å². The predicted octanol–water partition coefficient (Wildman–Crippen LogP) is 1.84. The number of hydrogen-bond acceptors (Lipinski definition) is 9. The first-order valence-electron chi connectivity index (χ1n) is 11.1. The third-order valence-electron chi connectivity index (χ3n) is 5.15. The van der Waals surface area contributed by atoms with E-state index in [1.165, 1.54) is 26.4 Å². The SMILES string of the molecule is COC(=O)c1cc(C#Cc2ccc(OCCC[N+](C)(C)CCCS(=O)(=O)[O-])cc2)cc(C(=O)OC)n1. The maximum Gasteiger partial charge on any atom is 0.356 e. The molecule has 0 aliphatic heterocycles. The van der Waals surface area contributed by atoms with Crippen LogP contribution < -0.4 is 4.74 Å². The van der Waals surface area contributed by atoms with Gasteiger partial charge in [-0.05, 0) is 36.4 Å². The number of pyridine rings is 1. The van der Waals surface area contributed by atoms with E-state index >= 15 is 0 Å². The van der Waals surface area contributed by atoms with Crippen molar-refractivity contribution in [2.24, 2.45) is 0 Å². The molecule has 0 spiro atoms. The second-order valence-corrected chi connectivity index (χ2v) is 10.1. The van der Waals surface area contributed by atoms with E-state index in [0.29, 0.717) is 40.9 Å². The Kier molecular flexibility index (Phi) is 10.4. The summed E-state index contributed by atoms with van der Waals surface area (Å²) >= 11 is 0. The molecule has 1 aromatic carbocycles. The van der Waals surface area contributed by atoms with Crippen molar-refractivity contribution in [3.63, 3.8) is 0 Å². The van der Waals surface area contributed by atoms with E-state index in [2.05, 4.69) is 26.3 Å². The van der Waals surface area contributed by atoms with Crippen LogP contribution in [0.1, 0.15) is 44.9 Å². The minimum atomic E-state index is -4.18. The average molecular weight is 519 g/mol. The van der Waals surface area contributed by atoms with Gasteiger partial charge in [-0.1, -0.05) is 11.8 Å². The van der Waals surface area contributed by atoms with Crippen molar-refractivity contribution >= 4 is 22.1 Å². The Morgan fingerprint density at radius 2 is 1.44 bits per heavy atom. The molecule has 1 heterocycles. The zero-order valence-electron chi connectivity index (χ0n) is 20.8. The summed E-state index contributed by atoms with van der Waals surface area (Å²) in [6.45, 7) is 1.85. The highest BCUT2D eigenvalue weighted by Gasteiger charge is 2.16. The number of carbonyl (C=O) groups excluding carboxylic acids is 2. The lowest BCUT2D eigenvalue weighted by Crippen LogP contribution is -2.42. The fourth-order valence-corrected chi connectivity index (χ4v) is 3.75. The van der Waals surface area contributed by atoms with Gasteiger partial charge in [-0.2, -0.15) is 0 Å². The number of quaternary nitrogens is 1. The van der Waals surface area contributed by atoms with Gasteiger partial charge in [0.05, 0.1) is 58.1 Å². The topological polar surface area (TPSA) is 132 Å². The lowest BCUT2D eigenvalue weighted by molar-refractivity contribution is -0.890. The Morgan fingerprint density at radius 1 is 0.917 bits per heavy atom. The zero-order chi connectivity index (χ0) is 26.8. The van der Waals surface area contributed by atoms with Crippen LogP contribution >= 0.6 is 0 Å². The predicted molar refractivity (Wildman–Crippen MR) is 130 cm³/mol. The van der Waals surface area contributed by atoms with E-state index in [9.17, 15) is 22.6 Å². The van der Waals surface area contributed by atoms with Crippen molar-refractivity contribution in [3.05, 3.63) is 58.9 Å². The number of esters is 2. The first kappa shape index (κ1) is 28.8. The third kappa shape index (κ3) is 10.0. The molecule has 2 aromatic rings. The molecule has 0 N–H and O–H groups in total. The summed E-state index contributed by atoms with van der Waals surface area (Å²) in [6.07, 6.45) is 1.08. The van der Waals surface area contributed by atoms with Gasteiger partial charge in [0.25, 0.3) is 0 Å². The molecule has 0 unspecified atom stereocenters. The first-order valence-corrected chi connectivity index (χ1v) is 12.7. The standard InChI is InChI=1S/C25H30N2O8S/c1-27(2,14-6-16-36(30,31)32)13-5-15-35-21-11-9-19(10-12-21)7-8-20-17-22(24(28)33-3)26-23(18-20)25(29)34-4/h9-12,17-18H,5-6,13-16H2,1-4H3. The number of rotatable bonds is 11. The minimum Gasteiger partial charge on any atom is -0.748 e. The minimum absolute atomic E-state index is 0.0503. The van der Waals surface area contributed by atoms with Gasteiger partial charge < -0.3 is 23.2 Å². The summed E-state index contributed by atoms with van der Waals surface area (Å²) in [5.41, 5.74) is 1.00. The van der Waals surface area contributed by atoms with E-state index < -0.39 is 22.1 Å². The number of benzene rings is 1. The van der Waals surface area contributed by atoms with E-state index in [0.717, 1.165) is 13.0 Å². The highest BCUT2D eigenvalue weighted by molar-refractivity contribution is 7.85. The molecule has 11 heteroatoms. The summed E-state index contributed by atoms with van der Waals surface area (Å²) in [6, 6.07) is 10.0. The molecule has 0 radical (unpaired) electrons. The molecule has 2 rings (SSSR count). The zero-order valence-corrected chi connectivity index (χ0v) is 21.6. The molecule has 0 aliphatic rings. The van der Waals surface area contributed by atoms with Crippen molar-refractivity contribution in [1.82, 2.24) is 4.98 Å². The van der Waals surface area contributed by atoms with Crippen molar-refractivity contribution < 1.29 is 41.3 Å². The van der Waals surface area contributed by atoms with Gasteiger partial charge in [0.1, 0.15) is 5.75 Å². The van der Waals surface area contributed by atoms with Crippen LogP contribution in [0.15, 0.2) is 36.4 Å². The molecular weight excluding hydrogens is 488 g/mol. The Bertz CT molecular complexity index is 1190. The molecule has 0 saturated carbocycles. The number of nitrogens with zero attached hydrogens (tertiary/aromatic N) is 2. The largest absolute Gasteiger partial charge is 0.748 e. The van der Waals surface area contributed by atoms with Gasteiger partial charge in [0.2, 0.25) is 0 Å². The third-order valence-corrected chi connectivity index (χ3v) is 5.94. The molecule has 0 amide bonds. The quantitative estimate of drug-likeness (QED) is 0.144. The molecule has 0 saturated heterocycles. The molecule has 10 nitrogen and oxygen atoms in total. The molecular formula is C25H30N2O8S. The Balaban J connectivity index is 1.94. The fourth-order valence-electron chi connectivity index (χ4n) is 3.26. The highest BCUT2D eigenvalue weighted by Crippen LogP contribution is 2.13. The van der Waals surface area contributed by atoms with Crippen LogP contribution in [0, 0.1) is 11.8 Å². The Labute approximate surface area is 211 Å². The van der Waals surface area contributed by atoms with Crippen molar-refractivity contribution in [1.29, 1.82) is 0 Å². The second kappa shape index (κ2) is 13.0. The van der Waals surface area contributed by atoms with E-state index in [1.54, 1.807) is 24.3 Å². The lowest BCUT2D eigenvalue weighted by Gasteiger charge is -2.30. The molecule has 194 valence electrons. The highest BCUT2D eigenvalue weighted by atomic mass is 32.2. The van der Waals surface area contributed by atoms with Gasteiger partial charge in [0, 0.05) is 29.7 Å². The van der Waals surface area contributed by atoms with E-state index in [4.69, 9.17) is 4.74 Å². The molecule has 0 atom stereocenters. The van der Waals surface area contributed by atoms with Crippen LogP contribution in [0.25, 0.3) is 0 Å². The van der Waals surface area contributed by atoms with Crippen molar-refractivity contribution in [2.45, 2.75) is 12.8 Å². The summed E-state index contributed by atoms with van der Waals surface area (Å²) in [5, 5.41) is 0. The number of methoxy groups -OCH3 is 2. The summed E-state index contributed by atoms with van der Waals surface area (Å²) in [5.74, 6) is 4.82. The van der Waals surface area contributed by atoms with Crippen LogP contribution in [0.3, 0.4) is 0 Å². The summed E-state index contributed by atoms with van der Waals surface area (Å²) in [4.78, 5) is 27.7. The van der Waals surface area contributed by atoms with Crippen LogP contribution in [0.2, 0.25) is 0 Å².